The zero-order valence-electron chi connectivity index (χ0n) is 25.2. The standard InChI is InChI=1S/C33H28ClFN6O4S2/c1-44-27-13-6-11-23(31(27)45-2)26-17-25(28-14-7-15-46-28)39-41(26)30(42)19-47-33-38-37-29(40(33)21-9-5-8-20(34)16-21)18-36-32(43)22-10-3-4-12-24(22)35/h3-16,26H,17-19H2,1-2H3,(H,36,43)/t26-/m1/s1. The van der Waals surface area contributed by atoms with Crippen LogP contribution in [0.5, 0.6) is 11.5 Å². The van der Waals surface area contributed by atoms with Gasteiger partial charge in [0, 0.05) is 17.0 Å². The fraction of sp³-hybridized carbons (Fsp3) is 0.182. The lowest BCUT2D eigenvalue weighted by molar-refractivity contribution is -0.130. The van der Waals surface area contributed by atoms with E-state index in [1.807, 2.05) is 35.7 Å². The molecule has 1 aliphatic heterocycles. The van der Waals surface area contributed by atoms with Gasteiger partial charge in [0.05, 0.1) is 54.4 Å². The van der Waals surface area contributed by atoms with Gasteiger partial charge in [-0.3, -0.25) is 14.2 Å². The predicted molar refractivity (Wildman–Crippen MR) is 179 cm³/mol. The van der Waals surface area contributed by atoms with Crippen molar-refractivity contribution in [1.82, 2.24) is 25.1 Å². The van der Waals surface area contributed by atoms with E-state index in [9.17, 15) is 14.0 Å². The number of amides is 2. The smallest absolute Gasteiger partial charge is 0.254 e. The average Bonchev–Trinajstić information content (AvgIpc) is 3.86. The molecular formula is C33H28ClFN6O4S2. The van der Waals surface area contributed by atoms with Crippen LogP contribution in [-0.4, -0.2) is 57.3 Å². The molecule has 0 saturated heterocycles. The molecule has 1 N–H and O–H groups in total. The second-order valence-corrected chi connectivity index (χ2v) is 12.6. The molecule has 3 heterocycles. The molecule has 0 spiro atoms. The van der Waals surface area contributed by atoms with Crippen molar-refractivity contribution in [3.05, 3.63) is 117 Å². The highest BCUT2D eigenvalue weighted by Crippen LogP contribution is 2.42. The van der Waals surface area contributed by atoms with E-state index >= 15 is 0 Å². The first-order chi connectivity index (χ1) is 22.9. The van der Waals surface area contributed by atoms with Gasteiger partial charge in [0.1, 0.15) is 5.82 Å². The van der Waals surface area contributed by atoms with Crippen LogP contribution in [0.1, 0.15) is 39.1 Å². The lowest BCUT2D eigenvalue weighted by Gasteiger charge is -2.24. The summed E-state index contributed by atoms with van der Waals surface area (Å²) in [6.45, 7) is -0.0561. The van der Waals surface area contributed by atoms with Crippen molar-refractivity contribution in [3.8, 4) is 17.2 Å². The van der Waals surface area contributed by atoms with E-state index in [4.69, 9.17) is 26.2 Å². The van der Waals surface area contributed by atoms with Crippen molar-refractivity contribution >= 4 is 52.2 Å². The first kappa shape index (κ1) is 32.2. The Morgan fingerprint density at radius 3 is 2.62 bits per heavy atom. The van der Waals surface area contributed by atoms with Crippen molar-refractivity contribution in [1.29, 1.82) is 0 Å². The highest BCUT2D eigenvalue weighted by Gasteiger charge is 2.36. The number of hydrogen-bond donors (Lipinski definition) is 1. The number of rotatable bonds is 11. The van der Waals surface area contributed by atoms with Gasteiger partial charge in [-0.05, 0) is 47.8 Å². The molecule has 10 nitrogen and oxygen atoms in total. The third-order valence-electron chi connectivity index (χ3n) is 7.38. The van der Waals surface area contributed by atoms with Crippen LogP contribution in [0.4, 0.5) is 4.39 Å². The van der Waals surface area contributed by atoms with Crippen LogP contribution in [0.3, 0.4) is 0 Å². The molecule has 6 rings (SSSR count). The molecule has 0 fully saturated rings. The summed E-state index contributed by atoms with van der Waals surface area (Å²) >= 11 is 9.04. The topological polar surface area (TPSA) is 111 Å². The summed E-state index contributed by atoms with van der Waals surface area (Å²) in [5, 5.41) is 20.5. The van der Waals surface area contributed by atoms with E-state index in [1.165, 1.54) is 35.0 Å². The number of nitrogens with one attached hydrogen (secondary N) is 1. The molecule has 14 heteroatoms. The van der Waals surface area contributed by atoms with Gasteiger partial charge in [-0.25, -0.2) is 9.40 Å². The number of benzene rings is 3. The van der Waals surface area contributed by atoms with E-state index < -0.39 is 17.8 Å². The number of para-hydroxylation sites is 1. The van der Waals surface area contributed by atoms with Crippen LogP contribution in [0.15, 0.2) is 94.5 Å². The van der Waals surface area contributed by atoms with E-state index in [0.29, 0.717) is 39.6 Å². The second-order valence-electron chi connectivity index (χ2n) is 10.2. The minimum Gasteiger partial charge on any atom is -0.493 e. The second kappa shape index (κ2) is 14.4. The van der Waals surface area contributed by atoms with E-state index in [0.717, 1.165) is 16.2 Å². The predicted octanol–water partition coefficient (Wildman–Crippen LogP) is 6.54. The van der Waals surface area contributed by atoms with Crippen molar-refractivity contribution in [2.24, 2.45) is 5.10 Å². The fourth-order valence-corrected chi connectivity index (χ4v) is 6.95. The maximum atomic E-state index is 14.2. The molecule has 0 radical (unpaired) electrons. The Morgan fingerprint density at radius 2 is 1.87 bits per heavy atom. The van der Waals surface area contributed by atoms with E-state index in [-0.39, 0.29) is 23.8 Å². The Morgan fingerprint density at radius 1 is 1.04 bits per heavy atom. The zero-order chi connectivity index (χ0) is 32.9. The third kappa shape index (κ3) is 6.87. The monoisotopic (exact) mass is 690 g/mol. The number of hydrazone groups is 1. The molecule has 2 aromatic heterocycles. The number of hydrogen-bond acceptors (Lipinski definition) is 9. The maximum absolute atomic E-state index is 14.2. The zero-order valence-corrected chi connectivity index (χ0v) is 27.6. The highest BCUT2D eigenvalue weighted by molar-refractivity contribution is 7.99. The van der Waals surface area contributed by atoms with Crippen molar-refractivity contribution in [3.63, 3.8) is 0 Å². The number of nitrogens with zero attached hydrogens (tertiary/aromatic N) is 5. The number of thioether (sulfide) groups is 1. The third-order valence-corrected chi connectivity index (χ3v) is 9.45. The van der Waals surface area contributed by atoms with Gasteiger partial charge in [-0.15, -0.1) is 21.5 Å². The maximum Gasteiger partial charge on any atom is 0.254 e. The molecule has 0 aliphatic carbocycles. The van der Waals surface area contributed by atoms with Crippen LogP contribution >= 0.6 is 34.7 Å². The minimum atomic E-state index is -0.632. The molecule has 5 aromatic rings. The summed E-state index contributed by atoms with van der Waals surface area (Å²) in [6.07, 6.45) is 0.491. The molecule has 0 bridgehead atoms. The Hall–Kier alpha value is -4.72. The minimum absolute atomic E-state index is 0.0235. The molecule has 240 valence electrons. The Kier molecular flexibility index (Phi) is 9.85. The van der Waals surface area contributed by atoms with Gasteiger partial charge in [0.15, 0.2) is 22.5 Å². The Labute approximate surface area is 283 Å². The summed E-state index contributed by atoms with van der Waals surface area (Å²) in [6, 6.07) is 21.8. The molecular weight excluding hydrogens is 663 g/mol. The molecule has 2 amide bonds. The number of halogens is 2. The molecule has 3 aromatic carbocycles. The largest absolute Gasteiger partial charge is 0.493 e. The summed E-state index contributed by atoms with van der Waals surface area (Å²) in [4.78, 5) is 27.7. The van der Waals surface area contributed by atoms with Gasteiger partial charge in [0.2, 0.25) is 0 Å². The van der Waals surface area contributed by atoms with E-state index in [1.54, 1.807) is 60.5 Å². The van der Waals surface area contributed by atoms with Crippen molar-refractivity contribution < 1.29 is 23.5 Å². The first-order valence-corrected chi connectivity index (χ1v) is 16.6. The summed E-state index contributed by atoms with van der Waals surface area (Å²) < 4.78 is 27.2. The van der Waals surface area contributed by atoms with Crippen LogP contribution < -0.4 is 14.8 Å². The highest BCUT2D eigenvalue weighted by atomic mass is 35.5. The lowest BCUT2D eigenvalue weighted by atomic mass is 9.99. The number of aromatic nitrogens is 3. The van der Waals surface area contributed by atoms with Gasteiger partial charge < -0.3 is 14.8 Å². The number of thiophene rings is 1. The Balaban J connectivity index is 1.27. The Bertz CT molecular complexity index is 1950. The summed E-state index contributed by atoms with van der Waals surface area (Å²) in [5.41, 5.74) is 2.11. The molecule has 0 saturated carbocycles. The van der Waals surface area contributed by atoms with Crippen LogP contribution in [0.2, 0.25) is 5.02 Å². The van der Waals surface area contributed by atoms with Gasteiger partial charge in [-0.1, -0.05) is 59.8 Å². The quantitative estimate of drug-likeness (QED) is 0.157. The van der Waals surface area contributed by atoms with Gasteiger partial charge in [-0.2, -0.15) is 5.10 Å². The molecule has 47 heavy (non-hydrogen) atoms. The number of methoxy groups -OCH3 is 2. The first-order valence-electron chi connectivity index (χ1n) is 14.4. The van der Waals surface area contributed by atoms with Gasteiger partial charge in [0.25, 0.3) is 11.8 Å². The number of carbonyl (C=O) groups is 2. The van der Waals surface area contributed by atoms with Crippen molar-refractivity contribution in [2.45, 2.75) is 24.2 Å². The van der Waals surface area contributed by atoms with Crippen LogP contribution in [0.25, 0.3) is 5.69 Å². The molecule has 1 aliphatic rings. The number of carbonyl (C=O) groups excluding carboxylic acids is 2. The lowest BCUT2D eigenvalue weighted by Crippen LogP contribution is -2.29. The van der Waals surface area contributed by atoms with Gasteiger partial charge >= 0.3 is 0 Å². The summed E-state index contributed by atoms with van der Waals surface area (Å²) in [5.74, 6) is -0.0501. The summed E-state index contributed by atoms with van der Waals surface area (Å²) in [7, 11) is 3.14. The fourth-order valence-electron chi connectivity index (χ4n) is 5.22. The SMILES string of the molecule is COc1cccc([C@H]2CC(c3cccs3)=NN2C(=O)CSc2nnc(CNC(=O)c3ccccc3F)n2-c2cccc(Cl)c2)c1OC. The average molecular weight is 691 g/mol. The molecule has 1 atom stereocenters. The molecule has 0 unspecified atom stereocenters. The normalized spacial score (nSPS) is 14.2. The number of ether oxygens (including phenoxy) is 2. The van der Waals surface area contributed by atoms with Crippen LogP contribution in [-0.2, 0) is 11.3 Å². The van der Waals surface area contributed by atoms with Crippen LogP contribution in [0, 0.1) is 5.82 Å². The van der Waals surface area contributed by atoms with Crippen molar-refractivity contribution in [2.75, 3.05) is 20.0 Å². The van der Waals surface area contributed by atoms with E-state index in [2.05, 4.69) is 15.5 Å².